The van der Waals surface area contributed by atoms with Crippen molar-refractivity contribution < 1.29 is 9.59 Å². The maximum atomic E-state index is 12.3. The van der Waals surface area contributed by atoms with E-state index in [0.29, 0.717) is 19.4 Å². The Morgan fingerprint density at radius 1 is 1.10 bits per heavy atom. The van der Waals surface area contributed by atoms with Crippen molar-refractivity contribution in [2.75, 3.05) is 0 Å². The van der Waals surface area contributed by atoms with Crippen LogP contribution in [0.3, 0.4) is 0 Å². The first-order chi connectivity index (χ1) is 9.58. The van der Waals surface area contributed by atoms with Crippen LogP contribution < -0.4 is 0 Å². The molecule has 1 saturated carbocycles. The van der Waals surface area contributed by atoms with Crippen molar-refractivity contribution >= 4 is 27.7 Å². The zero-order valence-corrected chi connectivity index (χ0v) is 13.0. The van der Waals surface area contributed by atoms with E-state index in [2.05, 4.69) is 15.9 Å². The first kappa shape index (κ1) is 13.8. The summed E-state index contributed by atoms with van der Waals surface area (Å²) in [6.45, 7) is 0.396. The normalized spacial score (nSPS) is 21.8. The van der Waals surface area contributed by atoms with Crippen LogP contribution >= 0.6 is 15.9 Å². The van der Waals surface area contributed by atoms with Crippen LogP contribution in [0.2, 0.25) is 0 Å². The van der Waals surface area contributed by atoms with Crippen LogP contribution in [0.15, 0.2) is 28.7 Å². The van der Waals surface area contributed by atoms with Crippen LogP contribution in [0, 0.1) is 5.41 Å². The SMILES string of the molecule is O=C1CC2(CCCC2)CC(=O)N1Cc1cccc(Br)c1. The molecule has 0 N–H and O–H groups in total. The average molecular weight is 336 g/mol. The average Bonchev–Trinajstić information content (AvgIpc) is 2.82. The first-order valence-corrected chi connectivity index (χ1v) is 7.95. The van der Waals surface area contributed by atoms with Crippen LogP contribution in [-0.4, -0.2) is 16.7 Å². The molecular weight excluding hydrogens is 318 g/mol. The minimum atomic E-state index is -0.0120. The van der Waals surface area contributed by atoms with Gasteiger partial charge in [-0.1, -0.05) is 40.9 Å². The summed E-state index contributed by atoms with van der Waals surface area (Å²) in [7, 11) is 0. The number of hydrogen-bond acceptors (Lipinski definition) is 2. The molecule has 4 heteroatoms. The topological polar surface area (TPSA) is 37.4 Å². The third-order valence-corrected chi connectivity index (χ3v) is 5.04. The van der Waals surface area contributed by atoms with Gasteiger partial charge >= 0.3 is 0 Å². The molecule has 0 unspecified atom stereocenters. The van der Waals surface area contributed by atoms with Crippen LogP contribution in [-0.2, 0) is 16.1 Å². The van der Waals surface area contributed by atoms with Gasteiger partial charge in [-0.15, -0.1) is 0 Å². The van der Waals surface area contributed by atoms with Gasteiger partial charge < -0.3 is 0 Å². The number of likely N-dealkylation sites (tertiary alicyclic amines) is 1. The van der Waals surface area contributed by atoms with Gasteiger partial charge in [0.2, 0.25) is 11.8 Å². The smallest absolute Gasteiger partial charge is 0.230 e. The maximum absolute atomic E-state index is 12.3. The molecule has 0 radical (unpaired) electrons. The number of piperidine rings is 1. The zero-order valence-electron chi connectivity index (χ0n) is 11.4. The summed E-state index contributed by atoms with van der Waals surface area (Å²) in [5, 5.41) is 0. The van der Waals surface area contributed by atoms with Crippen LogP contribution in [0.5, 0.6) is 0 Å². The van der Waals surface area contributed by atoms with Gasteiger partial charge in [0, 0.05) is 17.3 Å². The lowest BCUT2D eigenvalue weighted by Crippen LogP contribution is -2.46. The minimum absolute atomic E-state index is 0.00289. The highest BCUT2D eigenvalue weighted by Gasteiger charge is 2.44. The Morgan fingerprint density at radius 3 is 2.35 bits per heavy atom. The molecule has 1 spiro atoms. The fraction of sp³-hybridized carbons (Fsp3) is 0.500. The van der Waals surface area contributed by atoms with E-state index in [1.807, 2.05) is 24.3 Å². The second kappa shape index (κ2) is 5.32. The standard InChI is InChI=1S/C16H18BrNO2/c17-13-5-3-4-12(8-13)11-18-14(19)9-16(10-15(18)20)6-1-2-7-16/h3-5,8H,1-2,6-7,9-11H2. The molecule has 1 aliphatic carbocycles. The van der Waals surface area contributed by atoms with Crippen molar-refractivity contribution in [2.24, 2.45) is 5.41 Å². The minimum Gasteiger partial charge on any atom is -0.278 e. The van der Waals surface area contributed by atoms with Gasteiger partial charge in [-0.25, -0.2) is 0 Å². The Balaban J connectivity index is 1.75. The van der Waals surface area contributed by atoms with E-state index in [4.69, 9.17) is 0 Å². The number of benzene rings is 1. The molecule has 20 heavy (non-hydrogen) atoms. The predicted molar refractivity (Wildman–Crippen MR) is 79.8 cm³/mol. The number of carbonyl (C=O) groups excluding carboxylic acids is 2. The molecule has 0 atom stereocenters. The molecule has 0 bridgehead atoms. The third-order valence-electron chi connectivity index (χ3n) is 4.55. The summed E-state index contributed by atoms with van der Waals surface area (Å²) in [5.74, 6) is 0.00579. The lowest BCUT2D eigenvalue weighted by molar-refractivity contribution is -0.154. The molecule has 1 aromatic rings. The maximum Gasteiger partial charge on any atom is 0.230 e. The predicted octanol–water partition coefficient (Wildman–Crippen LogP) is 3.66. The molecule has 1 aromatic carbocycles. The third kappa shape index (κ3) is 2.66. The fourth-order valence-electron chi connectivity index (χ4n) is 3.51. The lowest BCUT2D eigenvalue weighted by Gasteiger charge is -2.37. The number of nitrogens with zero attached hydrogens (tertiary/aromatic N) is 1. The highest BCUT2D eigenvalue weighted by atomic mass is 79.9. The van der Waals surface area contributed by atoms with Gasteiger partial charge in [-0.3, -0.25) is 14.5 Å². The van der Waals surface area contributed by atoms with E-state index in [-0.39, 0.29) is 17.2 Å². The summed E-state index contributed by atoms with van der Waals surface area (Å²) in [6, 6.07) is 7.78. The number of hydrogen-bond donors (Lipinski definition) is 0. The number of imide groups is 1. The Hall–Kier alpha value is -1.16. The van der Waals surface area contributed by atoms with E-state index in [9.17, 15) is 9.59 Å². The molecular formula is C16H18BrNO2. The van der Waals surface area contributed by atoms with Crippen LogP contribution in [0.25, 0.3) is 0 Å². The molecule has 2 aliphatic rings. The summed E-state index contributed by atoms with van der Waals surface area (Å²) in [4.78, 5) is 26.1. The summed E-state index contributed by atoms with van der Waals surface area (Å²) < 4.78 is 0.971. The first-order valence-electron chi connectivity index (χ1n) is 7.16. The Morgan fingerprint density at radius 2 is 1.75 bits per heavy atom. The zero-order chi connectivity index (χ0) is 14.2. The van der Waals surface area contributed by atoms with Crippen molar-refractivity contribution in [2.45, 2.75) is 45.1 Å². The van der Waals surface area contributed by atoms with Crippen molar-refractivity contribution in [1.82, 2.24) is 4.90 Å². The van der Waals surface area contributed by atoms with Gasteiger partial charge in [0.25, 0.3) is 0 Å². The number of rotatable bonds is 2. The van der Waals surface area contributed by atoms with Gasteiger partial charge in [-0.05, 0) is 36.0 Å². The van der Waals surface area contributed by atoms with Crippen LogP contribution in [0.4, 0.5) is 0 Å². The molecule has 106 valence electrons. The Labute approximate surface area is 127 Å². The number of halogens is 1. The Bertz CT molecular complexity index is 529. The Kier molecular flexibility index (Phi) is 3.67. The summed E-state index contributed by atoms with van der Waals surface area (Å²) in [6.07, 6.45) is 5.49. The summed E-state index contributed by atoms with van der Waals surface area (Å²) >= 11 is 3.42. The van der Waals surface area contributed by atoms with E-state index in [0.717, 1.165) is 35.7 Å². The monoisotopic (exact) mass is 335 g/mol. The quantitative estimate of drug-likeness (QED) is 0.773. The molecule has 2 fully saturated rings. The van der Waals surface area contributed by atoms with Gasteiger partial charge in [0.15, 0.2) is 0 Å². The van der Waals surface area contributed by atoms with Crippen LogP contribution in [0.1, 0.15) is 44.1 Å². The second-order valence-electron chi connectivity index (χ2n) is 6.06. The molecule has 0 aromatic heterocycles. The molecule has 1 saturated heterocycles. The van der Waals surface area contributed by atoms with E-state index in [1.165, 1.54) is 4.90 Å². The highest BCUT2D eigenvalue weighted by Crippen LogP contribution is 2.47. The number of amides is 2. The van der Waals surface area contributed by atoms with Gasteiger partial charge in [-0.2, -0.15) is 0 Å². The van der Waals surface area contributed by atoms with Crippen molar-refractivity contribution in [1.29, 1.82) is 0 Å². The fourth-order valence-corrected chi connectivity index (χ4v) is 3.95. The van der Waals surface area contributed by atoms with Gasteiger partial charge in [0.1, 0.15) is 0 Å². The molecule has 1 aliphatic heterocycles. The molecule has 3 nitrogen and oxygen atoms in total. The second-order valence-corrected chi connectivity index (χ2v) is 6.98. The molecule has 1 heterocycles. The van der Waals surface area contributed by atoms with Gasteiger partial charge in [0.05, 0.1) is 6.54 Å². The largest absolute Gasteiger partial charge is 0.278 e. The van der Waals surface area contributed by atoms with E-state index >= 15 is 0 Å². The lowest BCUT2D eigenvalue weighted by atomic mass is 9.76. The van der Waals surface area contributed by atoms with E-state index in [1.54, 1.807) is 0 Å². The van der Waals surface area contributed by atoms with Crippen molar-refractivity contribution in [3.63, 3.8) is 0 Å². The summed E-state index contributed by atoms with van der Waals surface area (Å²) in [5.41, 5.74) is 0.977. The van der Waals surface area contributed by atoms with Crippen molar-refractivity contribution in [3.8, 4) is 0 Å². The van der Waals surface area contributed by atoms with E-state index < -0.39 is 0 Å². The van der Waals surface area contributed by atoms with Crippen molar-refractivity contribution in [3.05, 3.63) is 34.3 Å². The highest BCUT2D eigenvalue weighted by molar-refractivity contribution is 9.10. The number of carbonyl (C=O) groups is 2. The molecule has 2 amide bonds. The molecule has 3 rings (SSSR count).